The maximum Gasteiger partial charge on any atom is 0.378 e. The fourth-order valence-corrected chi connectivity index (χ4v) is 13.9. The summed E-state index contributed by atoms with van der Waals surface area (Å²) in [6, 6.07) is 20.6. The fraction of sp³-hybridized carbons (Fsp3) is 0.200. The molecule has 2 nitrogen and oxygen atoms in total. The quantitative estimate of drug-likeness (QED) is 0.637. The first-order valence-corrected chi connectivity index (χ1v) is 16.3. The van der Waals surface area contributed by atoms with Crippen LogP contribution in [0, 0.1) is 0 Å². The van der Waals surface area contributed by atoms with Gasteiger partial charge in [0, 0.05) is 0 Å². The minimum Gasteiger partial charge on any atom is -0.430 e. The van der Waals surface area contributed by atoms with Crippen molar-refractivity contribution in [3.8, 4) is 0 Å². The van der Waals surface area contributed by atoms with Gasteiger partial charge in [-0.2, -0.15) is 0 Å². The van der Waals surface area contributed by atoms with Crippen LogP contribution in [0.1, 0.15) is 0 Å². The predicted octanol–water partition coefficient (Wildman–Crippen LogP) is 4.14. The Labute approximate surface area is 155 Å². The second-order valence-corrected chi connectivity index (χ2v) is 18.6. The highest BCUT2D eigenvalue weighted by Gasteiger charge is 2.46. The molecule has 0 amide bonds. The van der Waals surface area contributed by atoms with Crippen LogP contribution < -0.4 is 10.4 Å². The molecule has 0 N–H and O–H groups in total. The summed E-state index contributed by atoms with van der Waals surface area (Å²) in [6.07, 6.45) is 0. The second kappa shape index (κ2) is 7.80. The molecular formula is C20H28O2Si3. The zero-order valence-corrected chi connectivity index (χ0v) is 18.7. The largest absolute Gasteiger partial charge is 0.430 e. The van der Waals surface area contributed by atoms with Crippen LogP contribution in [0.5, 0.6) is 0 Å². The molecule has 2 aromatic carbocycles. The van der Waals surface area contributed by atoms with E-state index in [0.717, 1.165) is 5.19 Å². The van der Waals surface area contributed by atoms with E-state index in [-0.39, 0.29) is 0 Å². The van der Waals surface area contributed by atoms with Crippen LogP contribution >= 0.6 is 0 Å². The van der Waals surface area contributed by atoms with Crippen molar-refractivity contribution < 1.29 is 8.23 Å². The summed E-state index contributed by atoms with van der Waals surface area (Å²) >= 11 is 0. The van der Waals surface area contributed by atoms with Crippen molar-refractivity contribution in [1.82, 2.24) is 0 Å². The molecule has 0 saturated carbocycles. The molecule has 5 heteroatoms. The Morgan fingerprint density at radius 1 is 0.680 bits per heavy atom. The summed E-state index contributed by atoms with van der Waals surface area (Å²) in [7, 11) is -7.05. The molecule has 0 saturated heterocycles. The topological polar surface area (TPSA) is 18.5 Å². The van der Waals surface area contributed by atoms with Crippen molar-refractivity contribution in [3.05, 3.63) is 85.2 Å². The third kappa shape index (κ3) is 4.77. The average Bonchev–Trinajstić information content (AvgIpc) is 2.61. The highest BCUT2D eigenvalue weighted by Crippen LogP contribution is 2.22. The van der Waals surface area contributed by atoms with Gasteiger partial charge in [0.1, 0.15) is 0 Å². The smallest absolute Gasteiger partial charge is 0.378 e. The summed E-state index contributed by atoms with van der Waals surface area (Å²) in [5.74, 6) is 0. The highest BCUT2D eigenvalue weighted by molar-refractivity contribution is 7.02. The minimum absolute atomic E-state index is 1.10. The van der Waals surface area contributed by atoms with Gasteiger partial charge in [0.2, 0.25) is 8.32 Å². The van der Waals surface area contributed by atoms with Crippen molar-refractivity contribution in [2.75, 3.05) is 0 Å². The van der Waals surface area contributed by atoms with Crippen LogP contribution in [0.4, 0.5) is 0 Å². The van der Waals surface area contributed by atoms with Crippen LogP contribution in [0.25, 0.3) is 0 Å². The van der Waals surface area contributed by atoms with Gasteiger partial charge in [-0.15, -0.1) is 13.2 Å². The first kappa shape index (κ1) is 19.8. The molecule has 0 bridgehead atoms. The van der Waals surface area contributed by atoms with Gasteiger partial charge in [0.25, 0.3) is 0 Å². The van der Waals surface area contributed by atoms with Crippen LogP contribution in [0.15, 0.2) is 85.2 Å². The van der Waals surface area contributed by atoms with E-state index in [4.69, 9.17) is 8.23 Å². The lowest BCUT2D eigenvalue weighted by Gasteiger charge is -2.40. The van der Waals surface area contributed by atoms with Crippen LogP contribution in [0.3, 0.4) is 0 Å². The van der Waals surface area contributed by atoms with Crippen LogP contribution in [-0.4, -0.2) is 25.2 Å². The number of benzene rings is 2. The molecule has 0 radical (unpaired) electrons. The Kier molecular flexibility index (Phi) is 6.18. The number of hydrogen-bond donors (Lipinski definition) is 0. The van der Waals surface area contributed by atoms with Gasteiger partial charge in [-0.1, -0.05) is 66.4 Å². The van der Waals surface area contributed by atoms with Gasteiger partial charge < -0.3 is 8.23 Å². The van der Waals surface area contributed by atoms with Gasteiger partial charge in [0.15, 0.2) is 8.32 Å². The zero-order valence-electron chi connectivity index (χ0n) is 15.7. The average molecular weight is 385 g/mol. The van der Waals surface area contributed by atoms with Crippen molar-refractivity contribution in [1.29, 1.82) is 0 Å². The maximum atomic E-state index is 6.93. The third-order valence-electron chi connectivity index (χ3n) is 4.00. The molecule has 0 aliphatic heterocycles. The minimum atomic E-state index is -2.80. The molecule has 0 aromatic heterocycles. The second-order valence-electron chi connectivity index (χ2n) is 7.23. The Hall–Kier alpha value is -1.51. The Morgan fingerprint density at radius 3 is 1.56 bits per heavy atom. The van der Waals surface area contributed by atoms with Crippen LogP contribution in [0.2, 0.25) is 26.2 Å². The molecule has 132 valence electrons. The molecule has 0 aliphatic rings. The fourth-order valence-electron chi connectivity index (χ4n) is 2.77. The molecule has 0 heterocycles. The van der Waals surface area contributed by atoms with Gasteiger partial charge in [-0.25, -0.2) is 0 Å². The summed E-state index contributed by atoms with van der Waals surface area (Å²) in [5, 5.41) is 2.29. The van der Waals surface area contributed by atoms with Gasteiger partial charge in [-0.05, 0) is 42.3 Å². The van der Waals surface area contributed by atoms with E-state index in [1.807, 2.05) is 47.8 Å². The molecule has 0 fully saturated rings. The van der Waals surface area contributed by atoms with Crippen LogP contribution in [-0.2, 0) is 8.23 Å². The predicted molar refractivity (Wildman–Crippen MR) is 115 cm³/mol. The van der Waals surface area contributed by atoms with E-state index in [9.17, 15) is 0 Å². The lowest BCUT2D eigenvalue weighted by atomic mass is 10.4. The molecule has 0 spiro atoms. The third-order valence-corrected chi connectivity index (χ3v) is 14.5. The zero-order chi connectivity index (χ0) is 18.6. The van der Waals surface area contributed by atoms with E-state index in [1.165, 1.54) is 5.19 Å². The monoisotopic (exact) mass is 384 g/mol. The summed E-state index contributed by atoms with van der Waals surface area (Å²) < 4.78 is 13.6. The molecule has 2 aromatic rings. The first-order chi connectivity index (χ1) is 11.7. The normalized spacial score (nSPS) is 16.5. The van der Waals surface area contributed by atoms with E-state index >= 15 is 0 Å². The summed E-state index contributed by atoms with van der Waals surface area (Å²) in [4.78, 5) is 0. The van der Waals surface area contributed by atoms with Crippen molar-refractivity contribution in [2.24, 2.45) is 0 Å². The van der Waals surface area contributed by atoms with E-state index in [0.29, 0.717) is 0 Å². The van der Waals surface area contributed by atoms with E-state index < -0.39 is 25.2 Å². The maximum absolute atomic E-state index is 6.93. The lowest BCUT2D eigenvalue weighted by Crippen LogP contribution is -2.65. The Balaban J connectivity index is 2.55. The van der Waals surface area contributed by atoms with Gasteiger partial charge in [0.05, 0.1) is 0 Å². The lowest BCUT2D eigenvalue weighted by molar-refractivity contribution is 0.417. The van der Waals surface area contributed by atoms with E-state index in [1.54, 1.807) is 0 Å². The first-order valence-electron chi connectivity index (χ1n) is 8.53. The van der Waals surface area contributed by atoms with Crippen molar-refractivity contribution in [2.45, 2.75) is 26.2 Å². The molecular weight excluding hydrogens is 356 g/mol. The standard InChI is InChI=1S/C20H28O2Si3/c1-7-24(6,19-15-11-9-12-16-19)22-25(8-2,21-23(3,4)5)20-17-13-10-14-18-20/h7-18H,1-2H2,3-6H3. The molecule has 2 unspecified atom stereocenters. The molecule has 2 atom stereocenters. The summed E-state index contributed by atoms with van der Waals surface area (Å²) in [5.41, 5.74) is 3.92. The van der Waals surface area contributed by atoms with Crippen molar-refractivity contribution >= 4 is 35.6 Å². The summed E-state index contributed by atoms with van der Waals surface area (Å²) in [6.45, 7) is 17.0. The van der Waals surface area contributed by atoms with Crippen molar-refractivity contribution in [3.63, 3.8) is 0 Å². The Morgan fingerprint density at radius 2 is 1.16 bits per heavy atom. The van der Waals surface area contributed by atoms with Gasteiger partial charge in [-0.3, -0.25) is 0 Å². The molecule has 2 rings (SSSR count). The highest BCUT2D eigenvalue weighted by atomic mass is 28.5. The Bertz CT molecular complexity index is 713. The SMILES string of the molecule is C=C[Si](C)(O[Si](C=C)(O[Si](C)(C)C)c1ccccc1)c1ccccc1. The van der Waals surface area contributed by atoms with E-state index in [2.05, 4.69) is 63.6 Å². The molecule has 25 heavy (non-hydrogen) atoms. The van der Waals surface area contributed by atoms with Gasteiger partial charge >= 0.3 is 8.56 Å². The number of rotatable bonds is 8. The molecule has 0 aliphatic carbocycles. The number of hydrogen-bond acceptors (Lipinski definition) is 2.